The number of fused-ring (bicyclic) bond motifs is 1. The van der Waals surface area contributed by atoms with Crippen molar-refractivity contribution in [3.8, 4) is 5.75 Å². The predicted octanol–water partition coefficient (Wildman–Crippen LogP) is 4.93. The Balaban J connectivity index is 1.44. The van der Waals surface area contributed by atoms with Crippen molar-refractivity contribution in [1.82, 2.24) is 9.38 Å². The van der Waals surface area contributed by atoms with E-state index in [1.807, 2.05) is 65.3 Å². The smallest absolute Gasteiger partial charge is 0.255 e. The molecule has 1 amide bonds. The zero-order valence-corrected chi connectivity index (χ0v) is 15.9. The maximum absolute atomic E-state index is 12.5. The van der Waals surface area contributed by atoms with Gasteiger partial charge in [-0.3, -0.25) is 4.79 Å². The number of nitrogens with zero attached hydrogens (tertiary/aromatic N) is 2. The van der Waals surface area contributed by atoms with Gasteiger partial charge in [0.2, 0.25) is 0 Å². The number of hydrogen-bond acceptors (Lipinski definition) is 3. The molecule has 27 heavy (non-hydrogen) atoms. The average molecular weight is 422 g/mol. The van der Waals surface area contributed by atoms with Gasteiger partial charge < -0.3 is 14.5 Å². The van der Waals surface area contributed by atoms with E-state index < -0.39 is 0 Å². The fourth-order valence-electron chi connectivity index (χ4n) is 2.71. The van der Waals surface area contributed by atoms with Crippen molar-refractivity contribution in [3.05, 3.63) is 94.9 Å². The van der Waals surface area contributed by atoms with Crippen LogP contribution < -0.4 is 10.1 Å². The number of nitrogens with one attached hydrogen (secondary N) is 1. The number of carbonyl (C=O) groups excluding carboxylic acids is 1. The summed E-state index contributed by atoms with van der Waals surface area (Å²) in [7, 11) is 0. The minimum Gasteiger partial charge on any atom is -0.487 e. The molecule has 2 aromatic carbocycles. The fourth-order valence-corrected chi connectivity index (χ4v) is 3.11. The molecule has 0 saturated carbocycles. The first-order chi connectivity index (χ1) is 13.2. The number of anilines is 1. The second kappa shape index (κ2) is 7.63. The third-order valence-corrected chi connectivity index (χ3v) is 4.47. The number of benzene rings is 2. The van der Waals surface area contributed by atoms with E-state index >= 15 is 0 Å². The van der Waals surface area contributed by atoms with Crippen molar-refractivity contribution in [2.75, 3.05) is 5.32 Å². The van der Waals surface area contributed by atoms with Gasteiger partial charge in [0, 0.05) is 28.1 Å². The fraction of sp³-hybridized carbons (Fsp3) is 0.0476. The lowest BCUT2D eigenvalue weighted by atomic mass is 10.2. The molecule has 0 unspecified atom stereocenters. The molecule has 1 N–H and O–H groups in total. The molecule has 0 aliphatic rings. The molecule has 5 nitrogen and oxygen atoms in total. The van der Waals surface area contributed by atoms with Crippen LogP contribution in [-0.2, 0) is 6.61 Å². The Labute approximate surface area is 164 Å². The molecular weight excluding hydrogens is 406 g/mol. The Hall–Kier alpha value is -3.12. The van der Waals surface area contributed by atoms with Crippen LogP contribution in [0.25, 0.3) is 5.65 Å². The van der Waals surface area contributed by atoms with Crippen molar-refractivity contribution < 1.29 is 9.53 Å². The number of aromatic nitrogens is 2. The number of rotatable bonds is 5. The summed E-state index contributed by atoms with van der Waals surface area (Å²) in [5.41, 5.74) is 2.95. The number of imidazole rings is 1. The van der Waals surface area contributed by atoms with Gasteiger partial charge in [0.15, 0.2) is 0 Å². The number of halogens is 1. The van der Waals surface area contributed by atoms with Crippen LogP contribution in [0.4, 0.5) is 5.69 Å². The van der Waals surface area contributed by atoms with E-state index in [9.17, 15) is 4.79 Å². The van der Waals surface area contributed by atoms with Gasteiger partial charge in [-0.05, 0) is 48.5 Å². The molecule has 0 aliphatic heterocycles. The largest absolute Gasteiger partial charge is 0.487 e. The molecule has 4 aromatic rings. The normalized spacial score (nSPS) is 10.7. The van der Waals surface area contributed by atoms with E-state index in [0.29, 0.717) is 17.9 Å². The third-order valence-electron chi connectivity index (χ3n) is 3.98. The Morgan fingerprint density at radius 1 is 1.07 bits per heavy atom. The molecule has 6 heteroatoms. The first kappa shape index (κ1) is 17.3. The molecule has 0 fully saturated rings. The zero-order chi connectivity index (χ0) is 18.6. The van der Waals surface area contributed by atoms with Crippen molar-refractivity contribution >= 4 is 33.2 Å². The third kappa shape index (κ3) is 4.17. The van der Waals surface area contributed by atoms with Crippen LogP contribution in [0.5, 0.6) is 5.75 Å². The van der Waals surface area contributed by atoms with Gasteiger partial charge in [0.1, 0.15) is 18.0 Å². The van der Waals surface area contributed by atoms with E-state index in [1.54, 1.807) is 18.2 Å². The predicted molar refractivity (Wildman–Crippen MR) is 108 cm³/mol. The van der Waals surface area contributed by atoms with Crippen LogP contribution in [0, 0.1) is 0 Å². The van der Waals surface area contributed by atoms with Crippen molar-refractivity contribution in [3.63, 3.8) is 0 Å². The number of pyridine rings is 1. The summed E-state index contributed by atoms with van der Waals surface area (Å²) < 4.78 is 8.67. The van der Waals surface area contributed by atoms with Crippen molar-refractivity contribution in [2.45, 2.75) is 6.61 Å². The summed E-state index contributed by atoms with van der Waals surface area (Å²) in [6.07, 6.45) is 3.87. The molecule has 0 bridgehead atoms. The van der Waals surface area contributed by atoms with Crippen molar-refractivity contribution in [1.29, 1.82) is 0 Å². The van der Waals surface area contributed by atoms with Gasteiger partial charge in [-0.25, -0.2) is 4.98 Å². The highest BCUT2D eigenvalue weighted by Crippen LogP contribution is 2.19. The molecule has 0 aliphatic carbocycles. The topological polar surface area (TPSA) is 55.6 Å². The van der Waals surface area contributed by atoms with Crippen LogP contribution in [0.2, 0.25) is 0 Å². The second-order valence-electron chi connectivity index (χ2n) is 5.98. The van der Waals surface area contributed by atoms with Gasteiger partial charge in [0.05, 0.1) is 5.69 Å². The van der Waals surface area contributed by atoms with Gasteiger partial charge in [-0.1, -0.05) is 34.1 Å². The molecule has 0 atom stereocenters. The standard InChI is InChI=1S/C21H16BrN3O2/c22-16-6-4-7-17(12-16)24-21(26)15-5-3-8-19(11-15)27-14-18-13-25-10-2-1-9-20(25)23-18/h1-13H,14H2,(H,24,26). The van der Waals surface area contributed by atoms with Gasteiger partial charge in [-0.15, -0.1) is 0 Å². The van der Waals surface area contributed by atoms with Crippen LogP contribution >= 0.6 is 15.9 Å². The Morgan fingerprint density at radius 3 is 2.81 bits per heavy atom. The Kier molecular flexibility index (Phi) is 4.89. The number of carbonyl (C=O) groups is 1. The SMILES string of the molecule is O=C(Nc1cccc(Br)c1)c1cccc(OCc2cn3ccccc3n2)c1. The quantitative estimate of drug-likeness (QED) is 0.496. The van der Waals surface area contributed by atoms with Crippen LogP contribution in [0.15, 0.2) is 83.6 Å². The summed E-state index contributed by atoms with van der Waals surface area (Å²) in [4.78, 5) is 17.0. The highest BCUT2D eigenvalue weighted by Gasteiger charge is 2.08. The minimum atomic E-state index is -0.189. The molecule has 0 saturated heterocycles. The lowest BCUT2D eigenvalue weighted by Crippen LogP contribution is -2.12. The zero-order valence-electron chi connectivity index (χ0n) is 14.3. The van der Waals surface area contributed by atoms with E-state index in [1.165, 1.54) is 0 Å². The van der Waals surface area contributed by atoms with E-state index in [-0.39, 0.29) is 5.91 Å². The molecule has 0 spiro atoms. The van der Waals surface area contributed by atoms with E-state index in [0.717, 1.165) is 21.5 Å². The summed E-state index contributed by atoms with van der Waals surface area (Å²) in [5.74, 6) is 0.431. The molecule has 2 heterocycles. The lowest BCUT2D eigenvalue weighted by molar-refractivity contribution is 0.102. The lowest BCUT2D eigenvalue weighted by Gasteiger charge is -2.08. The number of amides is 1. The van der Waals surface area contributed by atoms with Gasteiger partial charge >= 0.3 is 0 Å². The first-order valence-electron chi connectivity index (χ1n) is 8.40. The monoisotopic (exact) mass is 421 g/mol. The summed E-state index contributed by atoms with van der Waals surface area (Å²) in [6.45, 7) is 0.332. The number of hydrogen-bond donors (Lipinski definition) is 1. The first-order valence-corrected chi connectivity index (χ1v) is 9.19. The highest BCUT2D eigenvalue weighted by molar-refractivity contribution is 9.10. The molecular formula is C21H16BrN3O2. The molecule has 134 valence electrons. The van der Waals surface area contributed by atoms with Crippen LogP contribution in [0.1, 0.15) is 16.1 Å². The minimum absolute atomic E-state index is 0.189. The van der Waals surface area contributed by atoms with Crippen LogP contribution in [0.3, 0.4) is 0 Å². The van der Waals surface area contributed by atoms with Gasteiger partial charge in [0.25, 0.3) is 5.91 Å². The van der Waals surface area contributed by atoms with E-state index in [4.69, 9.17) is 4.74 Å². The average Bonchev–Trinajstić information content (AvgIpc) is 3.10. The van der Waals surface area contributed by atoms with E-state index in [2.05, 4.69) is 26.2 Å². The van der Waals surface area contributed by atoms with Gasteiger partial charge in [-0.2, -0.15) is 0 Å². The molecule has 4 rings (SSSR count). The summed E-state index contributed by atoms with van der Waals surface area (Å²) >= 11 is 3.40. The Bertz CT molecular complexity index is 1070. The van der Waals surface area contributed by atoms with Crippen LogP contribution in [-0.4, -0.2) is 15.3 Å². The maximum Gasteiger partial charge on any atom is 0.255 e. The number of ether oxygens (including phenoxy) is 1. The highest BCUT2D eigenvalue weighted by atomic mass is 79.9. The molecule has 2 aromatic heterocycles. The summed E-state index contributed by atoms with van der Waals surface area (Å²) in [5, 5.41) is 2.88. The maximum atomic E-state index is 12.5. The van der Waals surface area contributed by atoms with Crippen molar-refractivity contribution in [2.24, 2.45) is 0 Å². The summed E-state index contributed by atoms with van der Waals surface area (Å²) in [6, 6.07) is 20.4. The second-order valence-corrected chi connectivity index (χ2v) is 6.90. The Morgan fingerprint density at radius 2 is 1.96 bits per heavy atom. The molecule has 0 radical (unpaired) electrons.